The first kappa shape index (κ1) is 24.1. The number of aryl methyl sites for hydroxylation is 2. The van der Waals surface area contributed by atoms with Gasteiger partial charge >= 0.3 is 0 Å². The number of nitrogen functional groups attached to an aromatic ring is 1. The van der Waals surface area contributed by atoms with Crippen molar-refractivity contribution in [2.24, 2.45) is 7.05 Å². The fourth-order valence-electron chi connectivity index (χ4n) is 4.73. The minimum absolute atomic E-state index is 0.0777. The van der Waals surface area contributed by atoms with E-state index in [1.54, 1.807) is 18.2 Å². The zero-order chi connectivity index (χ0) is 26.1. The lowest BCUT2D eigenvalue weighted by Gasteiger charge is -2.26. The molecule has 2 N–H and O–H groups in total. The summed E-state index contributed by atoms with van der Waals surface area (Å²) < 4.78 is 13.8. The lowest BCUT2D eigenvalue weighted by Crippen LogP contribution is -2.33. The molecule has 1 aliphatic heterocycles. The average Bonchev–Trinajstić information content (AvgIpc) is 3.22. The van der Waals surface area contributed by atoms with Gasteiger partial charge in [-0.05, 0) is 54.3 Å². The number of amides is 1. The average molecular weight is 497 g/mol. The highest BCUT2D eigenvalue weighted by molar-refractivity contribution is 6.06. The molecule has 0 atom stereocenters. The lowest BCUT2D eigenvalue weighted by molar-refractivity contribution is -0.125. The maximum Gasteiger partial charge on any atom is 0.246 e. The number of carbonyl (C=O) groups is 1. The molecule has 1 aromatic carbocycles. The molecule has 0 saturated carbocycles. The molecule has 0 spiro atoms. The van der Waals surface area contributed by atoms with Crippen molar-refractivity contribution >= 4 is 28.3 Å². The van der Waals surface area contributed by atoms with Crippen LogP contribution in [0.1, 0.15) is 17.7 Å². The van der Waals surface area contributed by atoms with E-state index in [1.807, 2.05) is 48.9 Å². The summed E-state index contributed by atoms with van der Waals surface area (Å²) in [6, 6.07) is 9.53. The van der Waals surface area contributed by atoms with Gasteiger partial charge in [-0.1, -0.05) is 18.7 Å². The first-order chi connectivity index (χ1) is 17.9. The van der Waals surface area contributed by atoms with Crippen LogP contribution in [0.15, 0.2) is 61.6 Å². The van der Waals surface area contributed by atoms with Crippen LogP contribution in [0.2, 0.25) is 0 Å². The molecule has 9 nitrogen and oxygen atoms in total. The quantitative estimate of drug-likeness (QED) is 0.391. The molecule has 1 amide bonds. The third kappa shape index (κ3) is 4.40. The fraction of sp³-hybridized carbons (Fsp3) is 0.214. The number of ether oxygens (including phenoxy) is 2. The van der Waals surface area contributed by atoms with E-state index in [0.717, 1.165) is 39.0 Å². The van der Waals surface area contributed by atoms with Crippen LogP contribution in [0.3, 0.4) is 0 Å². The summed E-state index contributed by atoms with van der Waals surface area (Å²) in [5, 5.41) is 0.765. The summed E-state index contributed by atoms with van der Waals surface area (Å²) in [6.07, 6.45) is 7.28. The number of nitrogens with two attached hydrogens (primary N) is 1. The van der Waals surface area contributed by atoms with Gasteiger partial charge in [0.15, 0.2) is 11.5 Å². The maximum atomic E-state index is 12.1. The van der Waals surface area contributed by atoms with Gasteiger partial charge in [-0.25, -0.2) is 15.0 Å². The molecule has 0 aliphatic carbocycles. The minimum Gasteiger partial charge on any atom is -0.493 e. The van der Waals surface area contributed by atoms with Gasteiger partial charge in [-0.15, -0.1) is 0 Å². The molecule has 4 aromatic rings. The normalized spacial score (nSPS) is 13.4. The highest BCUT2D eigenvalue weighted by Crippen LogP contribution is 2.43. The number of hydrogen-bond acceptors (Lipinski definition) is 7. The van der Waals surface area contributed by atoms with Crippen molar-refractivity contribution in [1.29, 1.82) is 0 Å². The van der Waals surface area contributed by atoms with Gasteiger partial charge in [0.25, 0.3) is 0 Å². The number of anilines is 1. The number of fused-ring (bicyclic) bond motifs is 1. The molecule has 0 bridgehead atoms. The van der Waals surface area contributed by atoms with E-state index >= 15 is 0 Å². The van der Waals surface area contributed by atoms with Crippen LogP contribution in [0.5, 0.6) is 17.4 Å². The zero-order valence-corrected chi connectivity index (χ0v) is 21.1. The standard InChI is InChI=1S/C28H28N6O3/c1-5-23(35)34-12-9-18(10-13-34)26-24(25-27(29)31-16-32-28(25)33(26)3)19-6-7-20(21(15-19)36-4)37-22-14-17(2)8-11-30-22/h5-9,11,14-16H,1,10,12-13H2,2-4H3,(H2,29,31,32). The second-order valence-corrected chi connectivity index (χ2v) is 8.85. The third-order valence-electron chi connectivity index (χ3n) is 6.55. The smallest absolute Gasteiger partial charge is 0.246 e. The number of carbonyl (C=O) groups excluding carboxylic acids is 1. The van der Waals surface area contributed by atoms with Gasteiger partial charge < -0.3 is 24.7 Å². The Hall–Kier alpha value is -4.66. The molecule has 188 valence electrons. The summed E-state index contributed by atoms with van der Waals surface area (Å²) in [7, 11) is 3.57. The third-order valence-corrected chi connectivity index (χ3v) is 6.55. The van der Waals surface area contributed by atoms with E-state index < -0.39 is 0 Å². The minimum atomic E-state index is -0.0777. The molecule has 0 saturated heterocycles. The van der Waals surface area contributed by atoms with Crippen molar-refractivity contribution in [3.8, 4) is 28.5 Å². The number of nitrogens with zero attached hydrogens (tertiary/aromatic N) is 5. The van der Waals surface area contributed by atoms with Gasteiger partial charge in [-0.3, -0.25) is 4.79 Å². The first-order valence-electron chi connectivity index (χ1n) is 11.9. The largest absolute Gasteiger partial charge is 0.493 e. The molecule has 37 heavy (non-hydrogen) atoms. The van der Waals surface area contributed by atoms with E-state index in [0.29, 0.717) is 42.7 Å². The zero-order valence-electron chi connectivity index (χ0n) is 21.1. The number of methoxy groups -OCH3 is 1. The Kier molecular flexibility index (Phi) is 6.35. The number of benzene rings is 1. The summed E-state index contributed by atoms with van der Waals surface area (Å²) >= 11 is 0. The molecular formula is C28H28N6O3. The lowest BCUT2D eigenvalue weighted by atomic mass is 9.95. The molecule has 4 heterocycles. The van der Waals surface area contributed by atoms with Gasteiger partial charge in [0, 0.05) is 38.0 Å². The van der Waals surface area contributed by atoms with Gasteiger partial charge in [0.1, 0.15) is 17.8 Å². The number of hydrogen-bond donors (Lipinski definition) is 1. The Balaban J connectivity index is 1.64. The molecule has 0 radical (unpaired) electrons. The molecule has 5 rings (SSSR count). The van der Waals surface area contributed by atoms with E-state index in [9.17, 15) is 4.79 Å². The van der Waals surface area contributed by atoms with Crippen molar-refractivity contribution in [3.05, 3.63) is 72.8 Å². The second kappa shape index (κ2) is 9.77. The van der Waals surface area contributed by atoms with Crippen molar-refractivity contribution in [2.75, 3.05) is 25.9 Å². The van der Waals surface area contributed by atoms with E-state index in [2.05, 4.69) is 27.6 Å². The van der Waals surface area contributed by atoms with Crippen LogP contribution in [0, 0.1) is 6.92 Å². The summed E-state index contributed by atoms with van der Waals surface area (Å²) in [5.74, 6) is 1.90. The van der Waals surface area contributed by atoms with Crippen LogP contribution in [-0.4, -0.2) is 50.5 Å². The van der Waals surface area contributed by atoms with Gasteiger partial charge in [-0.2, -0.15) is 0 Å². The Morgan fingerprint density at radius 2 is 2.00 bits per heavy atom. The summed E-state index contributed by atoms with van der Waals surface area (Å²) in [5.41, 5.74) is 12.0. The maximum absolute atomic E-state index is 12.1. The number of rotatable bonds is 6. The Bertz CT molecular complexity index is 1560. The monoisotopic (exact) mass is 496 g/mol. The van der Waals surface area contributed by atoms with E-state index in [-0.39, 0.29) is 5.91 Å². The van der Waals surface area contributed by atoms with Crippen molar-refractivity contribution in [2.45, 2.75) is 13.3 Å². The fourth-order valence-corrected chi connectivity index (χ4v) is 4.73. The van der Waals surface area contributed by atoms with Crippen LogP contribution >= 0.6 is 0 Å². The Morgan fingerprint density at radius 3 is 2.70 bits per heavy atom. The highest BCUT2D eigenvalue weighted by Gasteiger charge is 2.26. The van der Waals surface area contributed by atoms with Crippen LogP contribution in [0.25, 0.3) is 27.7 Å². The first-order valence-corrected chi connectivity index (χ1v) is 11.9. The number of pyridine rings is 1. The van der Waals surface area contributed by atoms with Crippen molar-refractivity contribution < 1.29 is 14.3 Å². The predicted octanol–water partition coefficient (Wildman–Crippen LogP) is 4.52. The van der Waals surface area contributed by atoms with E-state index in [1.165, 1.54) is 12.4 Å². The van der Waals surface area contributed by atoms with Crippen molar-refractivity contribution in [3.63, 3.8) is 0 Å². The topological polar surface area (TPSA) is 108 Å². The van der Waals surface area contributed by atoms with Crippen molar-refractivity contribution in [1.82, 2.24) is 24.4 Å². The second-order valence-electron chi connectivity index (χ2n) is 8.85. The Labute approximate surface area is 214 Å². The highest BCUT2D eigenvalue weighted by atomic mass is 16.5. The van der Waals surface area contributed by atoms with Gasteiger partial charge in [0.2, 0.25) is 11.8 Å². The van der Waals surface area contributed by atoms with Crippen LogP contribution in [0.4, 0.5) is 5.82 Å². The van der Waals surface area contributed by atoms with Crippen LogP contribution in [-0.2, 0) is 11.8 Å². The Morgan fingerprint density at radius 1 is 1.16 bits per heavy atom. The summed E-state index contributed by atoms with van der Waals surface area (Å²) in [6.45, 7) is 6.68. The molecule has 3 aromatic heterocycles. The number of aromatic nitrogens is 4. The van der Waals surface area contributed by atoms with Gasteiger partial charge in [0.05, 0.1) is 18.2 Å². The SMILES string of the molecule is C=CC(=O)N1CC=C(c2c(-c3ccc(Oc4cc(C)ccn4)c(OC)c3)c3c(N)ncnc3n2C)CC1. The molecule has 0 fully saturated rings. The molecular weight excluding hydrogens is 468 g/mol. The van der Waals surface area contributed by atoms with E-state index in [4.69, 9.17) is 15.2 Å². The molecule has 0 unspecified atom stereocenters. The molecule has 1 aliphatic rings. The molecule has 9 heteroatoms. The summed E-state index contributed by atoms with van der Waals surface area (Å²) in [4.78, 5) is 27.0. The van der Waals surface area contributed by atoms with Crippen LogP contribution < -0.4 is 15.2 Å². The predicted molar refractivity (Wildman–Crippen MR) is 143 cm³/mol.